The number of rotatable bonds is 9. The summed E-state index contributed by atoms with van der Waals surface area (Å²) < 4.78 is 12.1. The van der Waals surface area contributed by atoms with E-state index in [4.69, 9.17) is 9.47 Å². The molecule has 0 aliphatic carbocycles. The molecular formula is C29H41N3O4. The zero-order valence-corrected chi connectivity index (χ0v) is 22.1. The first-order valence-corrected chi connectivity index (χ1v) is 13.1. The second-order valence-electron chi connectivity index (χ2n) is 10.5. The highest BCUT2D eigenvalue weighted by Crippen LogP contribution is 2.23. The molecule has 0 radical (unpaired) electrons. The molecule has 2 N–H and O–H groups in total. The molecule has 7 heteroatoms. The summed E-state index contributed by atoms with van der Waals surface area (Å²) in [5.74, 6) is 1.85. The van der Waals surface area contributed by atoms with Gasteiger partial charge in [0.15, 0.2) is 0 Å². The Balaban J connectivity index is 1.19. The van der Waals surface area contributed by atoms with Crippen LogP contribution in [0, 0.1) is 13.8 Å². The maximum absolute atomic E-state index is 11.5. The van der Waals surface area contributed by atoms with Gasteiger partial charge >= 0.3 is 0 Å². The number of piperidine rings is 1. The van der Waals surface area contributed by atoms with E-state index in [0.717, 1.165) is 55.1 Å². The monoisotopic (exact) mass is 495 g/mol. The van der Waals surface area contributed by atoms with Crippen molar-refractivity contribution in [1.29, 1.82) is 0 Å². The highest BCUT2D eigenvalue weighted by Gasteiger charge is 2.33. The molecule has 36 heavy (non-hydrogen) atoms. The summed E-state index contributed by atoms with van der Waals surface area (Å²) in [6.07, 6.45) is 1.25. The Hall–Kier alpha value is -2.61. The van der Waals surface area contributed by atoms with Gasteiger partial charge in [0.25, 0.3) is 0 Å². The smallest absolute Gasteiger partial charge is 0.219 e. The number of carbonyl (C=O) groups is 1. The number of carbonyl (C=O) groups excluding carboxylic acids is 1. The SMILES string of the molecule is CC(=O)N1CCC(N[C@@H](C)COc2ccc(CN3C[C@H](Oc4cc(C)cc(C)c4)[C@@H](O)C3)cc2)CC1. The molecule has 2 aromatic rings. The van der Waals surface area contributed by atoms with Gasteiger partial charge in [-0.3, -0.25) is 9.69 Å². The number of aryl methyl sites for hydroxylation is 2. The average molecular weight is 496 g/mol. The molecule has 2 aliphatic rings. The number of aliphatic hydroxyl groups excluding tert-OH is 1. The lowest BCUT2D eigenvalue weighted by Crippen LogP contribution is -2.47. The van der Waals surface area contributed by atoms with Crippen LogP contribution in [0.15, 0.2) is 42.5 Å². The van der Waals surface area contributed by atoms with Crippen molar-refractivity contribution in [2.24, 2.45) is 0 Å². The van der Waals surface area contributed by atoms with Crippen LogP contribution in [0.2, 0.25) is 0 Å². The lowest BCUT2D eigenvalue weighted by Gasteiger charge is -2.33. The van der Waals surface area contributed by atoms with E-state index < -0.39 is 6.10 Å². The zero-order valence-electron chi connectivity index (χ0n) is 22.1. The number of hydrogen-bond donors (Lipinski definition) is 2. The second kappa shape index (κ2) is 12.1. The summed E-state index contributed by atoms with van der Waals surface area (Å²) in [6, 6.07) is 15.1. The van der Waals surface area contributed by atoms with Gasteiger partial charge in [-0.25, -0.2) is 0 Å². The number of nitrogens with zero attached hydrogens (tertiary/aromatic N) is 2. The van der Waals surface area contributed by atoms with Crippen LogP contribution in [0.25, 0.3) is 0 Å². The molecule has 196 valence electrons. The number of aliphatic hydroxyl groups is 1. The first kappa shape index (κ1) is 26.5. The molecule has 0 saturated carbocycles. The molecule has 1 amide bonds. The van der Waals surface area contributed by atoms with Crippen LogP contribution in [0.4, 0.5) is 0 Å². The van der Waals surface area contributed by atoms with E-state index in [9.17, 15) is 9.90 Å². The van der Waals surface area contributed by atoms with E-state index in [0.29, 0.717) is 25.7 Å². The second-order valence-corrected chi connectivity index (χ2v) is 10.5. The van der Waals surface area contributed by atoms with Gasteiger partial charge in [0, 0.05) is 51.7 Å². The number of β-amino-alcohol motifs (C(OH)–C–C–N with tert-alkyl or cyclic N) is 1. The molecule has 3 atom stereocenters. The Morgan fingerprint density at radius 1 is 1.06 bits per heavy atom. The van der Waals surface area contributed by atoms with Gasteiger partial charge in [-0.1, -0.05) is 18.2 Å². The predicted octanol–water partition coefficient (Wildman–Crippen LogP) is 3.30. The fourth-order valence-corrected chi connectivity index (χ4v) is 5.24. The number of benzene rings is 2. The highest BCUT2D eigenvalue weighted by molar-refractivity contribution is 5.73. The van der Waals surface area contributed by atoms with Crippen LogP contribution >= 0.6 is 0 Å². The Bertz CT molecular complexity index is 984. The first-order chi connectivity index (χ1) is 17.2. The lowest BCUT2D eigenvalue weighted by molar-refractivity contribution is -0.129. The molecule has 2 saturated heterocycles. The van der Waals surface area contributed by atoms with Gasteiger partial charge in [-0.05, 0) is 74.6 Å². The maximum Gasteiger partial charge on any atom is 0.219 e. The summed E-state index contributed by atoms with van der Waals surface area (Å²) >= 11 is 0. The number of ether oxygens (including phenoxy) is 2. The molecule has 0 aromatic heterocycles. The minimum absolute atomic E-state index is 0.166. The quantitative estimate of drug-likeness (QED) is 0.556. The van der Waals surface area contributed by atoms with Crippen molar-refractivity contribution in [2.75, 3.05) is 32.8 Å². The van der Waals surface area contributed by atoms with Crippen LogP contribution < -0.4 is 14.8 Å². The van der Waals surface area contributed by atoms with E-state index in [2.05, 4.69) is 49.2 Å². The van der Waals surface area contributed by atoms with Crippen LogP contribution in [0.1, 0.15) is 43.4 Å². The minimum atomic E-state index is -0.503. The summed E-state index contributed by atoms with van der Waals surface area (Å²) in [5.41, 5.74) is 3.51. The average Bonchev–Trinajstić information content (AvgIpc) is 3.16. The fourth-order valence-electron chi connectivity index (χ4n) is 5.24. The Labute approximate surface area is 215 Å². The van der Waals surface area contributed by atoms with Crippen molar-refractivity contribution < 1.29 is 19.4 Å². The molecule has 0 bridgehead atoms. The number of likely N-dealkylation sites (tertiary alicyclic amines) is 2. The van der Waals surface area contributed by atoms with Crippen molar-refractivity contribution in [3.05, 3.63) is 59.2 Å². The lowest BCUT2D eigenvalue weighted by atomic mass is 10.0. The molecule has 0 unspecified atom stereocenters. The van der Waals surface area contributed by atoms with Gasteiger partial charge in [-0.15, -0.1) is 0 Å². The Morgan fingerprint density at radius 3 is 2.36 bits per heavy atom. The van der Waals surface area contributed by atoms with Crippen LogP contribution in [0.3, 0.4) is 0 Å². The van der Waals surface area contributed by atoms with E-state index in [-0.39, 0.29) is 18.1 Å². The predicted molar refractivity (Wildman–Crippen MR) is 141 cm³/mol. The standard InChI is InChI=1S/C29H41N3O4/c1-20-13-21(2)15-27(14-20)36-29-18-31(17-28(29)34)16-24-5-7-26(8-6-24)35-19-22(3)30-25-9-11-32(12-10-25)23(4)33/h5-8,13-15,22,25,28-30,34H,9-12,16-19H2,1-4H3/t22-,28-,29-/m0/s1. The molecule has 2 heterocycles. The van der Waals surface area contributed by atoms with Crippen molar-refractivity contribution in [1.82, 2.24) is 15.1 Å². The van der Waals surface area contributed by atoms with E-state index in [1.54, 1.807) is 6.92 Å². The minimum Gasteiger partial charge on any atom is -0.492 e. The molecule has 0 spiro atoms. The van der Waals surface area contributed by atoms with E-state index in [1.165, 1.54) is 5.56 Å². The van der Waals surface area contributed by atoms with Crippen LogP contribution in [0.5, 0.6) is 11.5 Å². The van der Waals surface area contributed by atoms with Gasteiger partial charge in [0.2, 0.25) is 5.91 Å². The molecular weight excluding hydrogens is 454 g/mol. The largest absolute Gasteiger partial charge is 0.492 e. The topological polar surface area (TPSA) is 74.3 Å². The van der Waals surface area contributed by atoms with Crippen molar-refractivity contribution in [3.63, 3.8) is 0 Å². The van der Waals surface area contributed by atoms with Crippen LogP contribution in [-0.4, -0.2) is 77.9 Å². The van der Waals surface area contributed by atoms with E-state index in [1.807, 2.05) is 29.2 Å². The number of hydrogen-bond acceptors (Lipinski definition) is 6. The Morgan fingerprint density at radius 2 is 1.72 bits per heavy atom. The maximum atomic E-state index is 11.5. The molecule has 2 aliphatic heterocycles. The van der Waals surface area contributed by atoms with Gasteiger partial charge in [0.05, 0.1) is 0 Å². The highest BCUT2D eigenvalue weighted by atomic mass is 16.5. The van der Waals surface area contributed by atoms with Gasteiger partial charge < -0.3 is 24.8 Å². The fraction of sp³-hybridized carbons (Fsp3) is 0.552. The zero-order chi connectivity index (χ0) is 25.7. The summed E-state index contributed by atoms with van der Waals surface area (Å²) in [7, 11) is 0. The normalized spacial score (nSPS) is 22.0. The third-order valence-electron chi connectivity index (χ3n) is 7.09. The van der Waals surface area contributed by atoms with Gasteiger partial charge in [-0.2, -0.15) is 0 Å². The first-order valence-electron chi connectivity index (χ1n) is 13.1. The molecule has 2 fully saturated rings. The van der Waals surface area contributed by atoms with Crippen molar-refractivity contribution >= 4 is 5.91 Å². The summed E-state index contributed by atoms with van der Waals surface area (Å²) in [6.45, 7) is 12.2. The third kappa shape index (κ3) is 7.45. The molecule has 4 rings (SSSR count). The Kier molecular flexibility index (Phi) is 8.88. The summed E-state index contributed by atoms with van der Waals surface area (Å²) in [5, 5.41) is 14.2. The third-order valence-corrected chi connectivity index (χ3v) is 7.09. The van der Waals surface area contributed by atoms with Gasteiger partial charge in [0.1, 0.15) is 30.3 Å². The molecule has 7 nitrogen and oxygen atoms in total. The van der Waals surface area contributed by atoms with Crippen molar-refractivity contribution in [3.8, 4) is 11.5 Å². The summed E-state index contributed by atoms with van der Waals surface area (Å²) in [4.78, 5) is 15.6. The van der Waals surface area contributed by atoms with E-state index >= 15 is 0 Å². The molecule has 2 aromatic carbocycles. The number of nitrogens with one attached hydrogen (secondary N) is 1. The van der Waals surface area contributed by atoms with Crippen LogP contribution in [-0.2, 0) is 11.3 Å². The number of amides is 1. The van der Waals surface area contributed by atoms with Crippen molar-refractivity contribution in [2.45, 2.75) is 71.4 Å².